The number of aliphatic hydroxyl groups excluding tert-OH is 2. The first-order valence-corrected chi connectivity index (χ1v) is 7.47. The Balaban J connectivity index is 2.37. The second-order valence-electron chi connectivity index (χ2n) is 4.98. The molecule has 23 heavy (non-hydrogen) atoms. The molecule has 2 aromatic heterocycles. The molecule has 0 saturated heterocycles. The lowest BCUT2D eigenvalue weighted by Gasteiger charge is -2.22. The van der Waals surface area contributed by atoms with Crippen LogP contribution in [0.3, 0.4) is 0 Å². The minimum atomic E-state index is -4.66. The highest BCUT2D eigenvalue weighted by Crippen LogP contribution is 2.36. The van der Waals surface area contributed by atoms with Crippen molar-refractivity contribution in [3.8, 4) is 6.07 Å². The van der Waals surface area contributed by atoms with E-state index < -0.39 is 30.0 Å². The molecule has 0 aliphatic rings. The molecule has 0 bridgehead atoms. The highest BCUT2D eigenvalue weighted by molar-refractivity contribution is 7.10. The molecule has 0 aliphatic carbocycles. The van der Waals surface area contributed by atoms with Crippen LogP contribution in [0.2, 0.25) is 0 Å². The van der Waals surface area contributed by atoms with Crippen LogP contribution in [0.1, 0.15) is 34.0 Å². The molecule has 2 rings (SSSR count). The number of aliphatic hydroxyl groups is 2. The van der Waals surface area contributed by atoms with Crippen LogP contribution < -0.4 is 0 Å². The number of hydrogen-bond acceptors (Lipinski definition) is 5. The fourth-order valence-electron chi connectivity index (χ4n) is 2.17. The van der Waals surface area contributed by atoms with Crippen molar-refractivity contribution >= 4 is 11.3 Å². The second kappa shape index (κ2) is 6.66. The molecule has 0 amide bonds. The van der Waals surface area contributed by atoms with Crippen LogP contribution in [0.4, 0.5) is 13.2 Å². The summed E-state index contributed by atoms with van der Waals surface area (Å²) in [6.07, 6.45) is -7.52. The van der Waals surface area contributed by atoms with Gasteiger partial charge in [0.05, 0.1) is 12.2 Å². The first kappa shape index (κ1) is 17.4. The van der Waals surface area contributed by atoms with E-state index in [9.17, 15) is 28.6 Å². The van der Waals surface area contributed by atoms with Crippen LogP contribution in [0.15, 0.2) is 29.6 Å². The van der Waals surface area contributed by atoms with Crippen LogP contribution in [0, 0.1) is 24.2 Å². The Morgan fingerprint density at radius 2 is 1.96 bits per heavy atom. The maximum atomic E-state index is 12.8. The van der Waals surface area contributed by atoms with Crippen molar-refractivity contribution in [2.75, 3.05) is 0 Å². The molecular formula is C15H13F3N2O2S. The predicted molar refractivity (Wildman–Crippen MR) is 77.3 cm³/mol. The molecule has 2 aromatic rings. The van der Waals surface area contributed by atoms with Gasteiger partial charge in [-0.2, -0.15) is 18.4 Å². The molecule has 0 spiro atoms. The van der Waals surface area contributed by atoms with Crippen LogP contribution in [0.25, 0.3) is 0 Å². The summed E-state index contributed by atoms with van der Waals surface area (Å²) in [5.41, 5.74) is -1.18. The largest absolute Gasteiger partial charge is 0.433 e. The Morgan fingerprint density at radius 1 is 1.26 bits per heavy atom. The maximum absolute atomic E-state index is 12.8. The van der Waals surface area contributed by atoms with Gasteiger partial charge in [-0.15, -0.1) is 11.3 Å². The number of alkyl halides is 3. The van der Waals surface area contributed by atoms with Gasteiger partial charge >= 0.3 is 6.18 Å². The van der Waals surface area contributed by atoms with Crippen LogP contribution in [-0.4, -0.2) is 15.2 Å². The SMILES string of the molecule is Cc1cc(C(O)C(C#N)C(O)c2cccs2)cc(C(F)(F)F)n1. The van der Waals surface area contributed by atoms with Gasteiger partial charge in [0.1, 0.15) is 17.7 Å². The number of thiophene rings is 1. The van der Waals surface area contributed by atoms with Crippen molar-refractivity contribution in [3.05, 3.63) is 51.5 Å². The van der Waals surface area contributed by atoms with E-state index in [4.69, 9.17) is 0 Å². The summed E-state index contributed by atoms with van der Waals surface area (Å²) in [5.74, 6) is -1.29. The van der Waals surface area contributed by atoms with Gasteiger partial charge in [-0.1, -0.05) is 6.07 Å². The molecule has 0 saturated carbocycles. The van der Waals surface area contributed by atoms with Gasteiger partial charge < -0.3 is 10.2 Å². The number of hydrogen-bond donors (Lipinski definition) is 2. The van der Waals surface area contributed by atoms with Gasteiger partial charge in [0.15, 0.2) is 0 Å². The van der Waals surface area contributed by atoms with Crippen LogP contribution in [-0.2, 0) is 6.18 Å². The lowest BCUT2D eigenvalue weighted by atomic mass is 9.91. The summed E-state index contributed by atoms with van der Waals surface area (Å²) in [5, 5.41) is 31.4. The van der Waals surface area contributed by atoms with Crippen molar-refractivity contribution in [2.24, 2.45) is 5.92 Å². The summed E-state index contributed by atoms with van der Waals surface area (Å²) in [4.78, 5) is 3.84. The van der Waals surface area contributed by atoms with E-state index in [0.29, 0.717) is 10.9 Å². The minimum absolute atomic E-state index is 0.0659. The van der Waals surface area contributed by atoms with E-state index in [1.54, 1.807) is 23.6 Å². The predicted octanol–water partition coefficient (Wildman–Crippen LogP) is 3.38. The zero-order valence-electron chi connectivity index (χ0n) is 11.9. The lowest BCUT2D eigenvalue weighted by molar-refractivity contribution is -0.141. The summed E-state index contributed by atoms with van der Waals surface area (Å²) >= 11 is 1.19. The van der Waals surface area contributed by atoms with Crippen molar-refractivity contribution < 1.29 is 23.4 Å². The number of halogens is 3. The molecule has 122 valence electrons. The molecule has 0 aromatic carbocycles. The topological polar surface area (TPSA) is 77.1 Å². The van der Waals surface area contributed by atoms with Crippen LogP contribution in [0.5, 0.6) is 0 Å². The molecule has 0 fully saturated rings. The van der Waals surface area contributed by atoms with Gasteiger partial charge in [-0.05, 0) is 36.1 Å². The number of rotatable bonds is 4. The summed E-state index contributed by atoms with van der Waals surface area (Å²) in [6, 6.07) is 7.00. The Morgan fingerprint density at radius 3 is 2.48 bits per heavy atom. The fourth-order valence-corrected chi connectivity index (χ4v) is 2.93. The van der Waals surface area contributed by atoms with Gasteiger partial charge in [0.2, 0.25) is 0 Å². The van der Waals surface area contributed by atoms with E-state index in [-0.39, 0.29) is 11.3 Å². The normalized spacial score (nSPS) is 15.7. The molecule has 2 N–H and O–H groups in total. The first-order valence-electron chi connectivity index (χ1n) is 6.59. The van der Waals surface area contributed by atoms with Crippen molar-refractivity contribution in [3.63, 3.8) is 0 Å². The average molecular weight is 342 g/mol. The molecular weight excluding hydrogens is 329 g/mol. The monoisotopic (exact) mass is 342 g/mol. The van der Waals surface area contributed by atoms with Crippen molar-refractivity contribution in [1.29, 1.82) is 5.26 Å². The quantitative estimate of drug-likeness (QED) is 0.893. The Hall–Kier alpha value is -1.95. The molecule has 3 atom stereocenters. The third-order valence-corrected chi connectivity index (χ3v) is 4.21. The van der Waals surface area contributed by atoms with Crippen molar-refractivity contribution in [2.45, 2.75) is 25.3 Å². The molecule has 0 aliphatic heterocycles. The summed E-state index contributed by atoms with van der Waals surface area (Å²) in [7, 11) is 0. The third kappa shape index (κ3) is 3.88. The Bertz CT molecular complexity index is 710. The van der Waals surface area contributed by atoms with E-state index in [0.717, 1.165) is 0 Å². The number of aromatic nitrogens is 1. The first-order chi connectivity index (χ1) is 10.7. The zero-order chi connectivity index (χ0) is 17.2. The summed E-state index contributed by atoms with van der Waals surface area (Å²) in [6.45, 7) is 1.36. The highest BCUT2D eigenvalue weighted by Gasteiger charge is 2.35. The van der Waals surface area contributed by atoms with Gasteiger partial charge in [0.25, 0.3) is 0 Å². The van der Waals surface area contributed by atoms with Gasteiger partial charge in [-0.25, -0.2) is 4.98 Å². The Labute approximate surface area is 134 Å². The minimum Gasteiger partial charge on any atom is -0.387 e. The fraction of sp³-hybridized carbons (Fsp3) is 0.333. The number of nitrogens with zero attached hydrogens (tertiary/aromatic N) is 2. The number of nitriles is 1. The van der Waals surface area contributed by atoms with E-state index >= 15 is 0 Å². The second-order valence-corrected chi connectivity index (χ2v) is 5.96. The lowest BCUT2D eigenvalue weighted by Crippen LogP contribution is -2.20. The van der Waals surface area contributed by atoms with Gasteiger partial charge in [-0.3, -0.25) is 0 Å². The van der Waals surface area contributed by atoms with E-state index in [2.05, 4.69) is 4.98 Å². The Kier molecular flexibility index (Phi) is 5.04. The highest BCUT2D eigenvalue weighted by atomic mass is 32.1. The molecule has 3 unspecified atom stereocenters. The van der Waals surface area contributed by atoms with Crippen LogP contribution >= 0.6 is 11.3 Å². The standard InChI is InChI=1S/C15H13F3N2O2S/c1-8-5-9(6-12(20-8)15(16,17)18)13(21)10(7-19)14(22)11-3-2-4-23-11/h2-6,10,13-14,21-22H,1H3. The molecule has 4 nitrogen and oxygen atoms in total. The number of aryl methyl sites for hydroxylation is 1. The smallest absolute Gasteiger partial charge is 0.387 e. The average Bonchev–Trinajstić information content (AvgIpc) is 3.00. The molecule has 8 heteroatoms. The molecule has 2 heterocycles. The number of pyridine rings is 1. The third-order valence-electron chi connectivity index (χ3n) is 3.27. The zero-order valence-corrected chi connectivity index (χ0v) is 12.8. The maximum Gasteiger partial charge on any atom is 0.433 e. The molecule has 0 radical (unpaired) electrons. The van der Waals surface area contributed by atoms with E-state index in [1.165, 1.54) is 24.3 Å². The summed E-state index contributed by atoms with van der Waals surface area (Å²) < 4.78 is 38.5. The van der Waals surface area contributed by atoms with Gasteiger partial charge in [0, 0.05) is 10.6 Å². The van der Waals surface area contributed by atoms with Crippen molar-refractivity contribution in [1.82, 2.24) is 4.98 Å². The van der Waals surface area contributed by atoms with E-state index in [1.807, 2.05) is 0 Å².